The van der Waals surface area contributed by atoms with Gasteiger partial charge in [-0.05, 0) is 25.0 Å². The summed E-state index contributed by atoms with van der Waals surface area (Å²) >= 11 is 0. The molecule has 0 aliphatic carbocycles. The van der Waals surface area contributed by atoms with Crippen LogP contribution in [0, 0.1) is 28.9 Å². The van der Waals surface area contributed by atoms with Gasteiger partial charge in [-0.3, -0.25) is 0 Å². The van der Waals surface area contributed by atoms with Crippen LogP contribution in [0.3, 0.4) is 0 Å². The van der Waals surface area contributed by atoms with Crippen molar-refractivity contribution in [3.05, 3.63) is 29.3 Å². The van der Waals surface area contributed by atoms with Crippen LogP contribution < -0.4 is 4.90 Å². The summed E-state index contributed by atoms with van der Waals surface area (Å²) in [4.78, 5) is 1.68. The predicted molar refractivity (Wildman–Crippen MR) is 68.4 cm³/mol. The lowest BCUT2D eigenvalue weighted by Gasteiger charge is -2.27. The van der Waals surface area contributed by atoms with Crippen molar-refractivity contribution in [1.82, 2.24) is 0 Å². The fourth-order valence-electron chi connectivity index (χ4n) is 1.82. The van der Waals surface area contributed by atoms with Gasteiger partial charge in [0, 0.05) is 13.1 Å². The third kappa shape index (κ3) is 3.19. The van der Waals surface area contributed by atoms with Crippen molar-refractivity contribution in [2.45, 2.75) is 27.2 Å². The Morgan fingerprint density at radius 2 is 1.83 bits per heavy atom. The minimum Gasteiger partial charge on any atom is -0.367 e. The zero-order valence-electron chi connectivity index (χ0n) is 11.0. The van der Waals surface area contributed by atoms with E-state index in [2.05, 4.69) is 0 Å². The summed E-state index contributed by atoms with van der Waals surface area (Å²) in [6.45, 7) is 7.09. The van der Waals surface area contributed by atoms with Gasteiger partial charge in [0.1, 0.15) is 5.69 Å². The second kappa shape index (κ2) is 6.34. The molecule has 18 heavy (non-hydrogen) atoms. The van der Waals surface area contributed by atoms with Crippen LogP contribution in [0.5, 0.6) is 0 Å². The van der Waals surface area contributed by atoms with Gasteiger partial charge in [0.25, 0.3) is 0 Å². The number of halogens is 2. The molecule has 98 valence electrons. The highest BCUT2D eigenvalue weighted by Crippen LogP contribution is 2.25. The summed E-state index contributed by atoms with van der Waals surface area (Å²) in [5.74, 6) is -0.979. The van der Waals surface area contributed by atoms with Crippen LogP contribution in [-0.4, -0.2) is 13.1 Å². The smallest absolute Gasteiger partial charge is 0.150 e. The van der Waals surface area contributed by atoms with Crippen LogP contribution in [0.15, 0.2) is 12.1 Å². The number of hydrogen-bond donors (Lipinski definition) is 0. The van der Waals surface area contributed by atoms with E-state index in [4.69, 9.17) is 5.26 Å². The molecule has 1 aromatic rings. The van der Waals surface area contributed by atoms with E-state index in [-0.39, 0.29) is 11.3 Å². The van der Waals surface area contributed by atoms with E-state index >= 15 is 0 Å². The Balaban J connectivity index is 3.10. The van der Waals surface area contributed by atoms with Crippen molar-refractivity contribution in [2.24, 2.45) is 5.92 Å². The predicted octanol–water partition coefficient (Wildman–Crippen LogP) is 3.71. The Morgan fingerprint density at radius 3 is 2.22 bits per heavy atom. The first-order chi connectivity index (χ1) is 8.53. The summed E-state index contributed by atoms with van der Waals surface area (Å²) in [5.41, 5.74) is -0.0230. The van der Waals surface area contributed by atoms with Gasteiger partial charge in [-0.15, -0.1) is 0 Å². The normalized spacial score (nSPS) is 12.0. The van der Waals surface area contributed by atoms with Crippen LogP contribution in [0.1, 0.15) is 32.8 Å². The molecule has 2 nitrogen and oxygen atoms in total. The minimum atomic E-state index is -0.670. The summed E-state index contributed by atoms with van der Waals surface area (Å²) in [5, 5.41) is 8.66. The monoisotopic (exact) mass is 252 g/mol. The van der Waals surface area contributed by atoms with Gasteiger partial charge in [0.05, 0.1) is 11.6 Å². The number of anilines is 1. The molecule has 0 amide bonds. The van der Waals surface area contributed by atoms with E-state index in [1.165, 1.54) is 0 Å². The first kappa shape index (κ1) is 14.4. The van der Waals surface area contributed by atoms with Gasteiger partial charge in [0.15, 0.2) is 11.6 Å². The van der Waals surface area contributed by atoms with Crippen LogP contribution in [-0.2, 0) is 0 Å². The van der Waals surface area contributed by atoms with Crippen molar-refractivity contribution >= 4 is 5.69 Å². The number of benzene rings is 1. The molecule has 0 aliphatic rings. The maximum absolute atomic E-state index is 13.9. The molecule has 0 N–H and O–H groups in total. The first-order valence-electron chi connectivity index (χ1n) is 6.17. The van der Waals surface area contributed by atoms with E-state index in [9.17, 15) is 8.78 Å². The van der Waals surface area contributed by atoms with Crippen LogP contribution in [0.4, 0.5) is 14.5 Å². The molecule has 0 aromatic heterocycles. The Bertz CT molecular complexity index is 429. The number of rotatable bonds is 5. The van der Waals surface area contributed by atoms with Gasteiger partial charge < -0.3 is 4.90 Å². The van der Waals surface area contributed by atoms with Gasteiger partial charge >= 0.3 is 0 Å². The Labute approximate surface area is 107 Å². The second-order valence-corrected chi connectivity index (χ2v) is 4.45. The molecular formula is C14H18F2N2. The van der Waals surface area contributed by atoms with Crippen molar-refractivity contribution in [2.75, 3.05) is 18.0 Å². The number of nitrogens with zero attached hydrogens (tertiary/aromatic N) is 2. The SMILES string of the molecule is CCC(C)CN(CC)c1c(F)cc(C#N)cc1F. The van der Waals surface area contributed by atoms with Gasteiger partial charge in [-0.2, -0.15) is 5.26 Å². The average Bonchev–Trinajstić information content (AvgIpc) is 2.35. The molecule has 0 saturated heterocycles. The number of nitriles is 1. The van der Waals surface area contributed by atoms with Crippen molar-refractivity contribution in [1.29, 1.82) is 5.26 Å². The van der Waals surface area contributed by atoms with Crippen molar-refractivity contribution in [3.8, 4) is 6.07 Å². The zero-order valence-corrected chi connectivity index (χ0v) is 11.0. The summed E-state index contributed by atoms with van der Waals surface area (Å²) < 4.78 is 27.7. The summed E-state index contributed by atoms with van der Waals surface area (Å²) in [7, 11) is 0. The maximum atomic E-state index is 13.9. The first-order valence-corrected chi connectivity index (χ1v) is 6.17. The second-order valence-electron chi connectivity index (χ2n) is 4.45. The topological polar surface area (TPSA) is 27.0 Å². The Hall–Kier alpha value is -1.63. The van der Waals surface area contributed by atoms with Crippen LogP contribution >= 0.6 is 0 Å². The van der Waals surface area contributed by atoms with Gasteiger partial charge in [-0.1, -0.05) is 20.3 Å². The Kier molecular flexibility index (Phi) is 5.08. The molecule has 0 heterocycles. The summed E-state index contributed by atoms with van der Waals surface area (Å²) in [6.07, 6.45) is 0.954. The Morgan fingerprint density at radius 1 is 1.28 bits per heavy atom. The lowest BCUT2D eigenvalue weighted by Crippen LogP contribution is -2.29. The fourth-order valence-corrected chi connectivity index (χ4v) is 1.82. The molecule has 0 spiro atoms. The van der Waals surface area contributed by atoms with E-state index < -0.39 is 11.6 Å². The lowest BCUT2D eigenvalue weighted by atomic mass is 10.1. The molecule has 0 bridgehead atoms. The molecule has 0 aliphatic heterocycles. The quantitative estimate of drug-likeness (QED) is 0.798. The van der Waals surface area contributed by atoms with Crippen molar-refractivity contribution < 1.29 is 8.78 Å². The number of hydrogen-bond acceptors (Lipinski definition) is 2. The molecule has 1 atom stereocenters. The molecule has 4 heteroatoms. The third-order valence-corrected chi connectivity index (χ3v) is 3.07. The van der Waals surface area contributed by atoms with E-state index in [1.807, 2.05) is 20.8 Å². The lowest BCUT2D eigenvalue weighted by molar-refractivity contribution is 0.522. The van der Waals surface area contributed by atoms with Crippen molar-refractivity contribution in [3.63, 3.8) is 0 Å². The molecule has 0 fully saturated rings. The van der Waals surface area contributed by atoms with E-state index in [1.54, 1.807) is 11.0 Å². The average molecular weight is 252 g/mol. The zero-order chi connectivity index (χ0) is 13.7. The van der Waals surface area contributed by atoms with E-state index in [0.717, 1.165) is 18.6 Å². The molecule has 1 unspecified atom stereocenters. The van der Waals surface area contributed by atoms with Gasteiger partial charge in [-0.25, -0.2) is 8.78 Å². The molecular weight excluding hydrogens is 234 g/mol. The highest BCUT2D eigenvalue weighted by atomic mass is 19.1. The largest absolute Gasteiger partial charge is 0.367 e. The molecule has 1 rings (SSSR count). The van der Waals surface area contributed by atoms with Gasteiger partial charge in [0.2, 0.25) is 0 Å². The highest BCUT2D eigenvalue weighted by Gasteiger charge is 2.18. The molecule has 1 aromatic carbocycles. The highest BCUT2D eigenvalue weighted by molar-refractivity contribution is 5.52. The third-order valence-electron chi connectivity index (χ3n) is 3.07. The van der Waals surface area contributed by atoms with Crippen LogP contribution in [0.25, 0.3) is 0 Å². The van der Waals surface area contributed by atoms with E-state index in [0.29, 0.717) is 19.0 Å². The summed E-state index contributed by atoms with van der Waals surface area (Å²) in [6, 6.07) is 3.91. The van der Waals surface area contributed by atoms with Crippen LogP contribution in [0.2, 0.25) is 0 Å². The molecule has 0 saturated carbocycles. The standard InChI is InChI=1S/C14H18F2N2/c1-4-10(3)9-18(5-2)14-12(15)6-11(8-17)7-13(14)16/h6-7,10H,4-5,9H2,1-3H3. The maximum Gasteiger partial charge on any atom is 0.150 e. The fraction of sp³-hybridized carbons (Fsp3) is 0.500. The molecule has 0 radical (unpaired) electrons. The minimum absolute atomic E-state index is 0.00773.